The van der Waals surface area contributed by atoms with Gasteiger partial charge < -0.3 is 9.47 Å². The molecule has 0 amide bonds. The van der Waals surface area contributed by atoms with E-state index in [0.29, 0.717) is 18.9 Å². The first-order valence-corrected chi connectivity index (χ1v) is 6.44. The van der Waals surface area contributed by atoms with E-state index in [9.17, 15) is 4.79 Å². The van der Waals surface area contributed by atoms with Gasteiger partial charge in [0.15, 0.2) is 5.82 Å². The summed E-state index contributed by atoms with van der Waals surface area (Å²) >= 11 is 0. The van der Waals surface area contributed by atoms with Crippen molar-refractivity contribution in [3.63, 3.8) is 0 Å². The normalized spacial score (nSPS) is 10.5. The largest absolute Gasteiger partial charge is 0.351 e. The van der Waals surface area contributed by atoms with Crippen LogP contribution < -0.4 is 10.5 Å². The second kappa shape index (κ2) is 5.69. The SMILES string of the molecule is CCn1ccnc(N(C)Cc2ccccc2C)c1=O. The van der Waals surface area contributed by atoms with E-state index in [4.69, 9.17) is 0 Å². The lowest BCUT2D eigenvalue weighted by atomic mass is 10.1. The zero-order chi connectivity index (χ0) is 13.8. The average Bonchev–Trinajstić information content (AvgIpc) is 2.41. The Morgan fingerprint density at radius 2 is 2.05 bits per heavy atom. The molecule has 0 spiro atoms. The second-order valence-electron chi connectivity index (χ2n) is 4.62. The molecular formula is C15H19N3O. The van der Waals surface area contributed by atoms with Gasteiger partial charge in [-0.05, 0) is 25.0 Å². The van der Waals surface area contributed by atoms with Crippen molar-refractivity contribution in [1.82, 2.24) is 9.55 Å². The van der Waals surface area contributed by atoms with Crippen LogP contribution in [-0.4, -0.2) is 16.6 Å². The summed E-state index contributed by atoms with van der Waals surface area (Å²) in [5.41, 5.74) is 2.39. The van der Waals surface area contributed by atoms with Gasteiger partial charge in [-0.15, -0.1) is 0 Å². The molecule has 0 fully saturated rings. The Kier molecular flexibility index (Phi) is 4.00. The minimum atomic E-state index is -0.0407. The lowest BCUT2D eigenvalue weighted by molar-refractivity contribution is 0.708. The van der Waals surface area contributed by atoms with Crippen LogP contribution in [0.1, 0.15) is 18.1 Å². The highest BCUT2D eigenvalue weighted by atomic mass is 16.1. The van der Waals surface area contributed by atoms with Gasteiger partial charge in [-0.1, -0.05) is 24.3 Å². The number of rotatable bonds is 4. The Labute approximate surface area is 113 Å². The predicted octanol–water partition coefficient (Wildman–Crippen LogP) is 2.21. The van der Waals surface area contributed by atoms with E-state index in [0.717, 1.165) is 0 Å². The number of anilines is 1. The molecule has 19 heavy (non-hydrogen) atoms. The van der Waals surface area contributed by atoms with Crippen molar-refractivity contribution in [3.05, 3.63) is 58.1 Å². The fourth-order valence-corrected chi connectivity index (χ4v) is 2.06. The summed E-state index contributed by atoms with van der Waals surface area (Å²) in [6.07, 6.45) is 3.39. The molecule has 1 aromatic carbocycles. The van der Waals surface area contributed by atoms with Crippen LogP contribution in [0.4, 0.5) is 5.82 Å². The summed E-state index contributed by atoms with van der Waals surface area (Å²) < 4.78 is 1.66. The second-order valence-corrected chi connectivity index (χ2v) is 4.62. The van der Waals surface area contributed by atoms with Crippen LogP contribution in [0.15, 0.2) is 41.5 Å². The lowest BCUT2D eigenvalue weighted by Crippen LogP contribution is -2.30. The van der Waals surface area contributed by atoms with E-state index in [-0.39, 0.29) is 5.56 Å². The van der Waals surface area contributed by atoms with Gasteiger partial charge in [0.2, 0.25) is 0 Å². The fraction of sp³-hybridized carbons (Fsp3) is 0.333. The first-order valence-electron chi connectivity index (χ1n) is 6.44. The summed E-state index contributed by atoms with van der Waals surface area (Å²) in [6.45, 7) is 5.37. The number of hydrogen-bond donors (Lipinski definition) is 0. The molecule has 4 heteroatoms. The van der Waals surface area contributed by atoms with Crippen LogP contribution >= 0.6 is 0 Å². The molecule has 0 unspecified atom stereocenters. The van der Waals surface area contributed by atoms with Crippen LogP contribution in [0.3, 0.4) is 0 Å². The molecule has 0 saturated carbocycles. The highest BCUT2D eigenvalue weighted by Gasteiger charge is 2.10. The van der Waals surface area contributed by atoms with Gasteiger partial charge in [0.25, 0.3) is 5.56 Å². The van der Waals surface area contributed by atoms with Crippen molar-refractivity contribution in [2.24, 2.45) is 0 Å². The van der Waals surface area contributed by atoms with Crippen molar-refractivity contribution in [2.75, 3.05) is 11.9 Å². The summed E-state index contributed by atoms with van der Waals surface area (Å²) in [5.74, 6) is 0.493. The molecule has 0 aliphatic rings. The number of nitrogens with zero attached hydrogens (tertiary/aromatic N) is 3. The third-order valence-electron chi connectivity index (χ3n) is 3.27. The number of aromatic nitrogens is 2. The topological polar surface area (TPSA) is 38.1 Å². The summed E-state index contributed by atoms with van der Waals surface area (Å²) in [6, 6.07) is 8.18. The van der Waals surface area contributed by atoms with Crippen molar-refractivity contribution in [2.45, 2.75) is 26.9 Å². The molecule has 0 N–H and O–H groups in total. The third kappa shape index (κ3) is 2.84. The van der Waals surface area contributed by atoms with Crippen molar-refractivity contribution in [3.8, 4) is 0 Å². The average molecular weight is 257 g/mol. The van der Waals surface area contributed by atoms with E-state index in [1.54, 1.807) is 17.0 Å². The molecule has 2 aromatic rings. The molecular weight excluding hydrogens is 238 g/mol. The van der Waals surface area contributed by atoms with Gasteiger partial charge >= 0.3 is 0 Å². The van der Waals surface area contributed by atoms with E-state index < -0.39 is 0 Å². The molecule has 4 nitrogen and oxygen atoms in total. The molecule has 0 aliphatic carbocycles. The quantitative estimate of drug-likeness (QED) is 0.843. The molecule has 0 bridgehead atoms. The number of aryl methyl sites for hydroxylation is 2. The lowest BCUT2D eigenvalue weighted by Gasteiger charge is -2.19. The predicted molar refractivity (Wildman–Crippen MR) is 77.5 cm³/mol. The van der Waals surface area contributed by atoms with Gasteiger partial charge in [0.05, 0.1) is 0 Å². The molecule has 0 atom stereocenters. The van der Waals surface area contributed by atoms with Crippen molar-refractivity contribution < 1.29 is 0 Å². The van der Waals surface area contributed by atoms with Gasteiger partial charge in [0.1, 0.15) is 0 Å². The highest BCUT2D eigenvalue weighted by molar-refractivity contribution is 5.37. The van der Waals surface area contributed by atoms with Gasteiger partial charge in [-0.25, -0.2) is 4.98 Å². The van der Waals surface area contributed by atoms with Gasteiger partial charge in [-0.2, -0.15) is 0 Å². The number of hydrogen-bond acceptors (Lipinski definition) is 3. The molecule has 0 radical (unpaired) electrons. The fourth-order valence-electron chi connectivity index (χ4n) is 2.06. The summed E-state index contributed by atoms with van der Waals surface area (Å²) in [7, 11) is 1.90. The molecule has 0 aliphatic heterocycles. The molecule has 100 valence electrons. The molecule has 1 aromatic heterocycles. The van der Waals surface area contributed by atoms with Gasteiger partial charge in [-0.3, -0.25) is 4.79 Å². The van der Waals surface area contributed by atoms with Crippen molar-refractivity contribution >= 4 is 5.82 Å². The Balaban J connectivity index is 2.28. The van der Waals surface area contributed by atoms with Gasteiger partial charge in [0, 0.05) is 32.5 Å². The monoisotopic (exact) mass is 257 g/mol. The van der Waals surface area contributed by atoms with Crippen LogP contribution in [0.5, 0.6) is 0 Å². The van der Waals surface area contributed by atoms with E-state index in [1.807, 2.05) is 31.0 Å². The Bertz CT molecular complexity index is 619. The Morgan fingerprint density at radius 3 is 2.74 bits per heavy atom. The standard InChI is InChI=1S/C15H19N3O/c1-4-18-10-9-16-14(15(18)19)17(3)11-13-8-6-5-7-12(13)2/h5-10H,4,11H2,1-3H3. The Morgan fingerprint density at radius 1 is 1.32 bits per heavy atom. The molecule has 1 heterocycles. The zero-order valence-corrected chi connectivity index (χ0v) is 11.6. The van der Waals surface area contributed by atoms with E-state index in [2.05, 4.69) is 24.0 Å². The van der Waals surface area contributed by atoms with Crippen LogP contribution in [-0.2, 0) is 13.1 Å². The zero-order valence-electron chi connectivity index (χ0n) is 11.6. The van der Waals surface area contributed by atoms with Crippen LogP contribution in [0.25, 0.3) is 0 Å². The molecule has 0 saturated heterocycles. The number of benzene rings is 1. The first-order chi connectivity index (χ1) is 9.13. The minimum absolute atomic E-state index is 0.0407. The summed E-state index contributed by atoms with van der Waals surface area (Å²) in [4.78, 5) is 18.3. The Hall–Kier alpha value is -2.10. The minimum Gasteiger partial charge on any atom is -0.351 e. The summed E-state index contributed by atoms with van der Waals surface area (Å²) in [5, 5.41) is 0. The maximum atomic E-state index is 12.2. The smallest absolute Gasteiger partial charge is 0.293 e. The molecule has 2 rings (SSSR count). The maximum absolute atomic E-state index is 12.2. The third-order valence-corrected chi connectivity index (χ3v) is 3.27. The maximum Gasteiger partial charge on any atom is 0.293 e. The van der Waals surface area contributed by atoms with Crippen LogP contribution in [0, 0.1) is 6.92 Å². The van der Waals surface area contributed by atoms with E-state index in [1.165, 1.54) is 11.1 Å². The van der Waals surface area contributed by atoms with Crippen LogP contribution in [0.2, 0.25) is 0 Å². The highest BCUT2D eigenvalue weighted by Crippen LogP contribution is 2.12. The first kappa shape index (κ1) is 13.3. The van der Waals surface area contributed by atoms with E-state index >= 15 is 0 Å². The van der Waals surface area contributed by atoms with Crippen molar-refractivity contribution in [1.29, 1.82) is 0 Å².